The molecule has 1 amide bonds. The average molecular weight is 283 g/mol. The maximum absolute atomic E-state index is 12.2. The van der Waals surface area contributed by atoms with Crippen LogP contribution in [0.5, 0.6) is 0 Å². The van der Waals surface area contributed by atoms with Crippen LogP contribution in [0.2, 0.25) is 0 Å². The normalized spacial score (nSPS) is 22.1. The lowest BCUT2D eigenvalue weighted by Gasteiger charge is -2.34. The molecule has 2 aliphatic rings. The summed E-state index contributed by atoms with van der Waals surface area (Å²) in [5.41, 5.74) is 0. The van der Waals surface area contributed by atoms with Gasteiger partial charge in [-0.25, -0.2) is 0 Å². The van der Waals surface area contributed by atoms with E-state index in [2.05, 4.69) is 15.5 Å². The van der Waals surface area contributed by atoms with Crippen LogP contribution in [0.4, 0.5) is 0 Å². The molecule has 5 heteroatoms. The van der Waals surface area contributed by atoms with E-state index in [0.717, 1.165) is 43.9 Å². The Morgan fingerprint density at radius 3 is 2.32 bits per heavy atom. The van der Waals surface area contributed by atoms with Gasteiger partial charge in [-0.3, -0.25) is 4.79 Å². The van der Waals surface area contributed by atoms with Crippen LogP contribution >= 0.6 is 12.2 Å². The van der Waals surface area contributed by atoms with E-state index in [0.29, 0.717) is 6.04 Å². The van der Waals surface area contributed by atoms with Gasteiger partial charge in [-0.2, -0.15) is 0 Å². The monoisotopic (exact) mass is 283 g/mol. The highest BCUT2D eigenvalue weighted by Crippen LogP contribution is 2.24. The SMILES string of the molecule is CNC(=S)N1CCC(NC(=O)C2CCCCC2)CC1. The van der Waals surface area contributed by atoms with Crippen molar-refractivity contribution >= 4 is 23.2 Å². The number of carbonyl (C=O) groups excluding carboxylic acids is 1. The van der Waals surface area contributed by atoms with E-state index in [1.807, 2.05) is 7.05 Å². The Hall–Kier alpha value is -0.840. The van der Waals surface area contributed by atoms with Crippen LogP contribution in [0.3, 0.4) is 0 Å². The summed E-state index contributed by atoms with van der Waals surface area (Å²) in [6.07, 6.45) is 7.88. The van der Waals surface area contributed by atoms with Gasteiger partial charge >= 0.3 is 0 Å². The van der Waals surface area contributed by atoms with Crippen LogP contribution in [-0.2, 0) is 4.79 Å². The van der Waals surface area contributed by atoms with E-state index in [1.165, 1.54) is 19.3 Å². The van der Waals surface area contributed by atoms with Gasteiger partial charge in [-0.05, 0) is 37.9 Å². The Balaban J connectivity index is 1.72. The molecule has 2 fully saturated rings. The van der Waals surface area contributed by atoms with Gasteiger partial charge in [0.15, 0.2) is 5.11 Å². The van der Waals surface area contributed by atoms with E-state index in [4.69, 9.17) is 12.2 Å². The number of hydrogen-bond acceptors (Lipinski definition) is 2. The third-order valence-corrected chi connectivity index (χ3v) is 4.78. The summed E-state index contributed by atoms with van der Waals surface area (Å²) in [4.78, 5) is 14.4. The molecule has 1 saturated heterocycles. The molecule has 1 aliphatic heterocycles. The quantitative estimate of drug-likeness (QED) is 0.757. The predicted octanol–water partition coefficient (Wildman–Crippen LogP) is 1.65. The van der Waals surface area contributed by atoms with Crippen LogP contribution < -0.4 is 10.6 Å². The second-order valence-electron chi connectivity index (χ2n) is 5.66. The van der Waals surface area contributed by atoms with Crippen molar-refractivity contribution in [3.63, 3.8) is 0 Å². The molecule has 0 aromatic heterocycles. The molecule has 2 N–H and O–H groups in total. The van der Waals surface area contributed by atoms with Crippen molar-refractivity contribution in [3.05, 3.63) is 0 Å². The second kappa shape index (κ2) is 7.08. The fourth-order valence-corrected chi connectivity index (χ4v) is 3.25. The lowest BCUT2D eigenvalue weighted by atomic mass is 9.88. The Morgan fingerprint density at radius 2 is 1.74 bits per heavy atom. The molecule has 0 aromatic carbocycles. The van der Waals surface area contributed by atoms with Crippen molar-refractivity contribution in [3.8, 4) is 0 Å². The van der Waals surface area contributed by atoms with Gasteiger partial charge in [-0.15, -0.1) is 0 Å². The molecule has 0 unspecified atom stereocenters. The molecule has 1 saturated carbocycles. The van der Waals surface area contributed by atoms with Crippen LogP contribution in [0.1, 0.15) is 44.9 Å². The van der Waals surface area contributed by atoms with Gasteiger partial charge in [0.25, 0.3) is 0 Å². The maximum atomic E-state index is 12.2. The minimum Gasteiger partial charge on any atom is -0.366 e. The van der Waals surface area contributed by atoms with Crippen molar-refractivity contribution in [2.45, 2.75) is 51.0 Å². The number of rotatable bonds is 2. The summed E-state index contributed by atoms with van der Waals surface area (Å²) in [6.45, 7) is 1.88. The number of likely N-dealkylation sites (tertiary alicyclic amines) is 1. The van der Waals surface area contributed by atoms with E-state index in [-0.39, 0.29) is 11.8 Å². The van der Waals surface area contributed by atoms with Gasteiger partial charge in [0, 0.05) is 32.1 Å². The largest absolute Gasteiger partial charge is 0.366 e. The van der Waals surface area contributed by atoms with Crippen molar-refractivity contribution in [1.82, 2.24) is 15.5 Å². The lowest BCUT2D eigenvalue weighted by molar-refractivity contribution is -0.126. The molecule has 1 aliphatic carbocycles. The first kappa shape index (κ1) is 14.6. The Morgan fingerprint density at radius 1 is 1.11 bits per heavy atom. The fraction of sp³-hybridized carbons (Fsp3) is 0.857. The zero-order chi connectivity index (χ0) is 13.7. The minimum absolute atomic E-state index is 0.269. The highest BCUT2D eigenvalue weighted by atomic mass is 32.1. The molecule has 0 spiro atoms. The molecule has 4 nitrogen and oxygen atoms in total. The molecular weight excluding hydrogens is 258 g/mol. The lowest BCUT2D eigenvalue weighted by Crippen LogP contribution is -2.49. The number of thiocarbonyl (C=S) groups is 1. The van der Waals surface area contributed by atoms with E-state index >= 15 is 0 Å². The first-order chi connectivity index (χ1) is 9.20. The predicted molar refractivity (Wildman–Crippen MR) is 81.0 cm³/mol. The second-order valence-corrected chi connectivity index (χ2v) is 6.05. The first-order valence-electron chi connectivity index (χ1n) is 7.47. The van der Waals surface area contributed by atoms with E-state index in [9.17, 15) is 4.79 Å². The molecule has 1 heterocycles. The topological polar surface area (TPSA) is 44.4 Å². The van der Waals surface area contributed by atoms with Crippen molar-refractivity contribution in [1.29, 1.82) is 0 Å². The first-order valence-corrected chi connectivity index (χ1v) is 7.88. The maximum Gasteiger partial charge on any atom is 0.223 e. The Kier molecular flexibility index (Phi) is 5.43. The summed E-state index contributed by atoms with van der Waals surface area (Å²) in [5, 5.41) is 7.07. The zero-order valence-electron chi connectivity index (χ0n) is 11.8. The highest BCUT2D eigenvalue weighted by Gasteiger charge is 2.26. The number of amides is 1. The minimum atomic E-state index is 0.269. The van der Waals surface area contributed by atoms with Gasteiger partial charge in [0.1, 0.15) is 0 Å². The fourth-order valence-electron chi connectivity index (χ4n) is 3.07. The van der Waals surface area contributed by atoms with Crippen molar-refractivity contribution < 1.29 is 4.79 Å². The summed E-state index contributed by atoms with van der Waals surface area (Å²) >= 11 is 5.23. The zero-order valence-corrected chi connectivity index (χ0v) is 12.6. The van der Waals surface area contributed by atoms with Gasteiger partial charge in [0.05, 0.1) is 0 Å². The molecule has 2 rings (SSSR count). The third kappa shape index (κ3) is 4.06. The smallest absolute Gasteiger partial charge is 0.223 e. The number of hydrogen-bond donors (Lipinski definition) is 2. The Labute approximate surface area is 121 Å². The molecular formula is C14H25N3OS. The number of nitrogens with zero attached hydrogens (tertiary/aromatic N) is 1. The molecule has 0 aromatic rings. The number of carbonyl (C=O) groups is 1. The number of nitrogens with one attached hydrogen (secondary N) is 2. The van der Waals surface area contributed by atoms with Crippen LogP contribution in [0.15, 0.2) is 0 Å². The van der Waals surface area contributed by atoms with Crippen molar-refractivity contribution in [2.75, 3.05) is 20.1 Å². The molecule has 0 bridgehead atoms. The Bertz CT molecular complexity index is 321. The van der Waals surface area contributed by atoms with Crippen LogP contribution in [0.25, 0.3) is 0 Å². The van der Waals surface area contributed by atoms with E-state index in [1.54, 1.807) is 0 Å². The highest BCUT2D eigenvalue weighted by molar-refractivity contribution is 7.80. The average Bonchev–Trinajstić information content (AvgIpc) is 2.48. The number of piperidine rings is 1. The van der Waals surface area contributed by atoms with Crippen LogP contribution in [0, 0.1) is 5.92 Å². The molecule has 0 radical (unpaired) electrons. The van der Waals surface area contributed by atoms with Gasteiger partial charge in [-0.1, -0.05) is 19.3 Å². The molecule has 19 heavy (non-hydrogen) atoms. The summed E-state index contributed by atoms with van der Waals surface area (Å²) in [6, 6.07) is 0.338. The summed E-state index contributed by atoms with van der Waals surface area (Å²) in [7, 11) is 1.86. The summed E-state index contributed by atoms with van der Waals surface area (Å²) in [5.74, 6) is 0.555. The third-order valence-electron chi connectivity index (χ3n) is 4.32. The van der Waals surface area contributed by atoms with E-state index < -0.39 is 0 Å². The summed E-state index contributed by atoms with van der Waals surface area (Å²) < 4.78 is 0. The molecule has 108 valence electrons. The van der Waals surface area contributed by atoms with Crippen LogP contribution in [-0.4, -0.2) is 42.1 Å². The van der Waals surface area contributed by atoms with Gasteiger partial charge in [0.2, 0.25) is 5.91 Å². The standard InChI is InChI=1S/C14H25N3OS/c1-15-14(19)17-9-7-12(8-10-17)16-13(18)11-5-3-2-4-6-11/h11-12H,2-10H2,1H3,(H,15,19)(H,16,18). The van der Waals surface area contributed by atoms with Gasteiger partial charge < -0.3 is 15.5 Å². The molecule has 0 atom stereocenters. The van der Waals surface area contributed by atoms with Crippen molar-refractivity contribution in [2.24, 2.45) is 5.92 Å².